The number of nitrogen functional groups attached to an aromatic ring is 1. The van der Waals surface area contributed by atoms with Crippen LogP contribution in [-0.2, 0) is 4.74 Å². The van der Waals surface area contributed by atoms with Gasteiger partial charge in [0.2, 0.25) is 0 Å². The Kier molecular flexibility index (Phi) is 5.60. The Hall–Kier alpha value is -1.34. The number of nitrogens with one attached hydrogen (secondary N) is 1. The summed E-state index contributed by atoms with van der Waals surface area (Å²) in [5, 5.41) is 3.71. The number of hydrogen-bond acceptors (Lipinski definition) is 6. The molecule has 6 nitrogen and oxygen atoms in total. The van der Waals surface area contributed by atoms with Crippen molar-refractivity contribution in [2.75, 3.05) is 44.0 Å². The molecule has 0 aromatic carbocycles. The van der Waals surface area contributed by atoms with E-state index in [0.717, 1.165) is 24.6 Å². The van der Waals surface area contributed by atoms with Gasteiger partial charge in [0.05, 0.1) is 0 Å². The molecule has 1 aromatic rings. The van der Waals surface area contributed by atoms with E-state index in [1.54, 1.807) is 7.11 Å². The van der Waals surface area contributed by atoms with E-state index in [-0.39, 0.29) is 5.91 Å². The summed E-state index contributed by atoms with van der Waals surface area (Å²) < 4.78 is 4.94. The number of rotatable bonds is 6. The molecule has 0 atom stereocenters. The van der Waals surface area contributed by atoms with E-state index in [4.69, 9.17) is 10.5 Å². The molecule has 1 aromatic heterocycles. The van der Waals surface area contributed by atoms with Crippen molar-refractivity contribution in [3.8, 4) is 0 Å². The highest BCUT2D eigenvalue weighted by molar-refractivity contribution is 7.18. The van der Waals surface area contributed by atoms with E-state index in [1.165, 1.54) is 30.6 Å². The lowest BCUT2D eigenvalue weighted by atomic mass is 10.1. The predicted molar refractivity (Wildman–Crippen MR) is 81.4 cm³/mol. The molecular weight excluding hydrogens is 276 g/mol. The summed E-state index contributed by atoms with van der Waals surface area (Å²) in [7, 11) is 1.65. The highest BCUT2D eigenvalue weighted by Crippen LogP contribution is 2.29. The molecule has 1 saturated heterocycles. The number of hydrogen-bond donors (Lipinski definition) is 2. The molecule has 1 aliphatic heterocycles. The van der Waals surface area contributed by atoms with Gasteiger partial charge in [-0.25, -0.2) is 4.98 Å². The second-order valence-electron chi connectivity index (χ2n) is 4.86. The number of carbonyl (C=O) groups is 1. The fraction of sp³-hybridized carbons (Fsp3) is 0.692. The molecule has 1 amide bonds. The van der Waals surface area contributed by atoms with Crippen LogP contribution in [0.1, 0.15) is 35.4 Å². The van der Waals surface area contributed by atoms with Crippen molar-refractivity contribution in [3.05, 3.63) is 4.88 Å². The molecule has 0 radical (unpaired) electrons. The third kappa shape index (κ3) is 3.83. The van der Waals surface area contributed by atoms with Crippen LogP contribution in [-0.4, -0.2) is 44.2 Å². The molecule has 7 heteroatoms. The average Bonchev–Trinajstić information content (AvgIpc) is 2.86. The molecule has 3 N–H and O–H groups in total. The van der Waals surface area contributed by atoms with Crippen molar-refractivity contribution in [2.45, 2.75) is 25.7 Å². The zero-order chi connectivity index (χ0) is 14.4. The Morgan fingerprint density at radius 1 is 1.45 bits per heavy atom. The first kappa shape index (κ1) is 15.1. The van der Waals surface area contributed by atoms with Crippen LogP contribution in [0.25, 0.3) is 0 Å². The molecule has 0 unspecified atom stereocenters. The SMILES string of the molecule is COCCCNC(=O)c1sc(N2CCCCC2)nc1N. The number of amides is 1. The Morgan fingerprint density at radius 3 is 2.90 bits per heavy atom. The van der Waals surface area contributed by atoms with Crippen LogP contribution in [0.3, 0.4) is 0 Å². The topological polar surface area (TPSA) is 80.5 Å². The molecule has 0 saturated carbocycles. The maximum atomic E-state index is 12.0. The number of ether oxygens (including phenoxy) is 1. The smallest absolute Gasteiger partial charge is 0.265 e. The Morgan fingerprint density at radius 2 is 2.20 bits per heavy atom. The second kappa shape index (κ2) is 7.44. The van der Waals surface area contributed by atoms with Crippen molar-refractivity contribution < 1.29 is 9.53 Å². The molecule has 2 rings (SSSR count). The van der Waals surface area contributed by atoms with E-state index in [1.807, 2.05) is 0 Å². The minimum atomic E-state index is -0.139. The van der Waals surface area contributed by atoms with Gasteiger partial charge in [0.15, 0.2) is 5.13 Å². The quantitative estimate of drug-likeness (QED) is 0.778. The molecule has 1 aliphatic rings. The van der Waals surface area contributed by atoms with Crippen molar-refractivity contribution in [2.24, 2.45) is 0 Å². The number of carbonyl (C=O) groups excluding carboxylic acids is 1. The molecule has 2 heterocycles. The fourth-order valence-electron chi connectivity index (χ4n) is 2.20. The maximum absolute atomic E-state index is 12.0. The summed E-state index contributed by atoms with van der Waals surface area (Å²) in [5.41, 5.74) is 5.87. The number of anilines is 2. The zero-order valence-electron chi connectivity index (χ0n) is 11.9. The van der Waals surface area contributed by atoms with Gasteiger partial charge in [-0.3, -0.25) is 4.79 Å². The molecule has 0 aliphatic carbocycles. The van der Waals surface area contributed by atoms with Crippen LogP contribution in [0.4, 0.5) is 10.9 Å². The summed E-state index contributed by atoms with van der Waals surface area (Å²) in [6.45, 7) is 3.23. The number of aromatic nitrogens is 1. The fourth-order valence-corrected chi connectivity index (χ4v) is 3.16. The number of methoxy groups -OCH3 is 1. The molecule has 0 spiro atoms. The minimum absolute atomic E-state index is 0.139. The van der Waals surface area contributed by atoms with Gasteiger partial charge in [-0.15, -0.1) is 0 Å². The van der Waals surface area contributed by atoms with Crippen molar-refractivity contribution >= 4 is 28.2 Å². The van der Waals surface area contributed by atoms with Crippen LogP contribution in [0.2, 0.25) is 0 Å². The van der Waals surface area contributed by atoms with E-state index >= 15 is 0 Å². The maximum Gasteiger partial charge on any atom is 0.265 e. The van der Waals surface area contributed by atoms with Gasteiger partial charge in [0.1, 0.15) is 10.7 Å². The van der Waals surface area contributed by atoms with Crippen molar-refractivity contribution in [3.63, 3.8) is 0 Å². The molecular formula is C13H22N4O2S. The Balaban J connectivity index is 1.94. The highest BCUT2D eigenvalue weighted by atomic mass is 32.1. The first-order valence-electron chi connectivity index (χ1n) is 7.00. The van der Waals surface area contributed by atoms with Gasteiger partial charge in [-0.05, 0) is 25.7 Å². The molecule has 112 valence electrons. The normalized spacial score (nSPS) is 15.3. The highest BCUT2D eigenvalue weighted by Gasteiger charge is 2.20. The lowest BCUT2D eigenvalue weighted by Gasteiger charge is -2.25. The number of piperidine rings is 1. The van der Waals surface area contributed by atoms with Crippen LogP contribution < -0.4 is 16.0 Å². The van der Waals surface area contributed by atoms with E-state index < -0.39 is 0 Å². The standard InChI is InChI=1S/C13H22N4O2S/c1-19-9-5-6-15-12(18)10-11(14)16-13(20-10)17-7-3-2-4-8-17/h2-9,14H2,1H3,(H,15,18). The summed E-state index contributed by atoms with van der Waals surface area (Å²) in [6.07, 6.45) is 4.42. The van der Waals surface area contributed by atoms with Crippen LogP contribution in [0.15, 0.2) is 0 Å². The third-order valence-electron chi connectivity index (χ3n) is 3.29. The van der Waals surface area contributed by atoms with Crippen molar-refractivity contribution in [1.29, 1.82) is 0 Å². The van der Waals surface area contributed by atoms with Crippen LogP contribution in [0.5, 0.6) is 0 Å². The van der Waals surface area contributed by atoms with Gasteiger partial charge < -0.3 is 20.7 Å². The van der Waals surface area contributed by atoms with E-state index in [0.29, 0.717) is 23.8 Å². The first-order chi connectivity index (χ1) is 9.72. The monoisotopic (exact) mass is 298 g/mol. The predicted octanol–water partition coefficient (Wildman–Crippen LogP) is 1.48. The Bertz CT molecular complexity index is 444. The summed E-state index contributed by atoms with van der Waals surface area (Å²) in [6, 6.07) is 0. The average molecular weight is 298 g/mol. The summed E-state index contributed by atoms with van der Waals surface area (Å²) in [5.74, 6) is 0.194. The zero-order valence-corrected chi connectivity index (χ0v) is 12.7. The molecule has 1 fully saturated rings. The van der Waals surface area contributed by atoms with Crippen LogP contribution >= 0.6 is 11.3 Å². The van der Waals surface area contributed by atoms with Gasteiger partial charge in [-0.2, -0.15) is 0 Å². The van der Waals surface area contributed by atoms with Crippen LogP contribution in [0, 0.1) is 0 Å². The van der Waals surface area contributed by atoms with Gasteiger partial charge >= 0.3 is 0 Å². The van der Waals surface area contributed by atoms with E-state index in [9.17, 15) is 4.79 Å². The number of thiazole rings is 1. The summed E-state index contributed by atoms with van der Waals surface area (Å²) >= 11 is 1.38. The van der Waals surface area contributed by atoms with Gasteiger partial charge in [-0.1, -0.05) is 11.3 Å². The molecule has 20 heavy (non-hydrogen) atoms. The van der Waals surface area contributed by atoms with Crippen molar-refractivity contribution in [1.82, 2.24) is 10.3 Å². The first-order valence-corrected chi connectivity index (χ1v) is 7.82. The third-order valence-corrected chi connectivity index (χ3v) is 4.42. The van der Waals surface area contributed by atoms with Gasteiger partial charge in [0.25, 0.3) is 5.91 Å². The number of nitrogens with two attached hydrogens (primary N) is 1. The lowest BCUT2D eigenvalue weighted by Crippen LogP contribution is -2.29. The lowest BCUT2D eigenvalue weighted by molar-refractivity contribution is 0.0953. The summed E-state index contributed by atoms with van der Waals surface area (Å²) in [4.78, 5) is 19.1. The van der Waals surface area contributed by atoms with E-state index in [2.05, 4.69) is 15.2 Å². The largest absolute Gasteiger partial charge is 0.385 e. The minimum Gasteiger partial charge on any atom is -0.385 e. The Labute approximate surface area is 123 Å². The molecule has 0 bridgehead atoms. The second-order valence-corrected chi connectivity index (χ2v) is 5.84. The van der Waals surface area contributed by atoms with Gasteiger partial charge in [0, 0.05) is 33.4 Å². The number of nitrogens with zero attached hydrogens (tertiary/aromatic N) is 2.